The number of aryl methyl sites for hydroxylation is 1. The Balaban J connectivity index is 2.03. The number of benzene rings is 1. The van der Waals surface area contributed by atoms with Gasteiger partial charge in [0.15, 0.2) is 0 Å². The summed E-state index contributed by atoms with van der Waals surface area (Å²) in [6.45, 7) is 2.56. The largest absolute Gasteiger partial charge is 0.487 e. The second-order valence-electron chi connectivity index (χ2n) is 3.37. The first kappa shape index (κ1) is 9.71. The lowest BCUT2D eigenvalue weighted by Crippen LogP contribution is -2.00. The Hall–Kier alpha value is -1.83. The molecule has 0 unspecified atom stereocenters. The van der Waals surface area contributed by atoms with Crippen LogP contribution in [0.5, 0.6) is 5.75 Å². The van der Waals surface area contributed by atoms with Gasteiger partial charge in [-0.3, -0.25) is 4.98 Å². The summed E-state index contributed by atoms with van der Waals surface area (Å²) in [6, 6.07) is 13.7. The molecule has 1 aromatic carbocycles. The van der Waals surface area contributed by atoms with Gasteiger partial charge in [-0.2, -0.15) is 0 Å². The van der Waals surface area contributed by atoms with Crippen molar-refractivity contribution in [1.82, 2.24) is 4.98 Å². The van der Waals surface area contributed by atoms with Gasteiger partial charge in [0.1, 0.15) is 12.4 Å². The minimum Gasteiger partial charge on any atom is -0.487 e. The van der Waals surface area contributed by atoms with Crippen molar-refractivity contribution < 1.29 is 4.74 Å². The molecule has 2 heteroatoms. The smallest absolute Gasteiger partial charge is 0.130 e. The fourth-order valence-corrected chi connectivity index (χ4v) is 1.34. The number of rotatable bonds is 3. The molecule has 0 N–H and O–H groups in total. The summed E-state index contributed by atoms with van der Waals surface area (Å²) in [6.07, 6.45) is 1.79. The van der Waals surface area contributed by atoms with Crippen molar-refractivity contribution in [1.29, 1.82) is 0 Å². The summed E-state index contributed by atoms with van der Waals surface area (Å²) in [4.78, 5) is 4.27. The predicted molar refractivity (Wildman–Crippen MR) is 59.7 cm³/mol. The quantitative estimate of drug-likeness (QED) is 0.758. The van der Waals surface area contributed by atoms with E-state index < -0.39 is 0 Å². The molecule has 0 saturated carbocycles. The van der Waals surface area contributed by atoms with Crippen LogP contribution in [0.4, 0.5) is 0 Å². The molecule has 1 heterocycles. The van der Waals surface area contributed by atoms with E-state index in [9.17, 15) is 0 Å². The van der Waals surface area contributed by atoms with Gasteiger partial charge in [-0.15, -0.1) is 0 Å². The molecular weight excluding hydrogens is 186 g/mol. The Morgan fingerprint density at radius 1 is 1.07 bits per heavy atom. The molecule has 15 heavy (non-hydrogen) atoms. The zero-order valence-corrected chi connectivity index (χ0v) is 8.68. The van der Waals surface area contributed by atoms with Crippen LogP contribution in [-0.2, 0) is 6.61 Å². The van der Waals surface area contributed by atoms with Gasteiger partial charge in [-0.05, 0) is 30.7 Å². The van der Waals surface area contributed by atoms with Crippen LogP contribution in [0.15, 0.2) is 48.7 Å². The van der Waals surface area contributed by atoms with Crippen molar-refractivity contribution in [3.05, 3.63) is 59.9 Å². The molecule has 0 atom stereocenters. The minimum absolute atomic E-state index is 0.524. The molecular formula is C13H13NO. The number of pyridine rings is 1. The number of nitrogens with zero attached hydrogens (tertiary/aromatic N) is 1. The highest BCUT2D eigenvalue weighted by Crippen LogP contribution is 2.12. The number of hydrogen-bond acceptors (Lipinski definition) is 2. The van der Waals surface area contributed by atoms with E-state index in [-0.39, 0.29) is 0 Å². The minimum atomic E-state index is 0.524. The summed E-state index contributed by atoms with van der Waals surface area (Å²) >= 11 is 0. The van der Waals surface area contributed by atoms with Crippen LogP contribution in [0.2, 0.25) is 0 Å². The van der Waals surface area contributed by atoms with Gasteiger partial charge in [0.05, 0.1) is 5.69 Å². The van der Waals surface area contributed by atoms with E-state index >= 15 is 0 Å². The molecule has 0 fully saturated rings. The van der Waals surface area contributed by atoms with E-state index in [2.05, 4.69) is 4.98 Å². The van der Waals surface area contributed by atoms with E-state index in [1.165, 1.54) is 0 Å². The summed E-state index contributed by atoms with van der Waals surface area (Å²) < 4.78 is 5.61. The molecule has 0 aliphatic heterocycles. The first-order chi connectivity index (χ1) is 7.36. The van der Waals surface area contributed by atoms with Gasteiger partial charge in [0.25, 0.3) is 0 Å². The van der Waals surface area contributed by atoms with Crippen LogP contribution >= 0.6 is 0 Å². The van der Waals surface area contributed by atoms with Crippen molar-refractivity contribution in [3.63, 3.8) is 0 Å². The fraction of sp³-hybridized carbons (Fsp3) is 0.154. The second kappa shape index (κ2) is 4.60. The lowest BCUT2D eigenvalue weighted by atomic mass is 10.2. The van der Waals surface area contributed by atoms with Gasteiger partial charge < -0.3 is 4.74 Å². The van der Waals surface area contributed by atoms with Crippen molar-refractivity contribution in [2.24, 2.45) is 0 Å². The predicted octanol–water partition coefficient (Wildman–Crippen LogP) is 2.97. The molecule has 0 spiro atoms. The summed E-state index contributed by atoms with van der Waals surface area (Å²) in [5, 5.41) is 0. The van der Waals surface area contributed by atoms with Crippen molar-refractivity contribution in [2.75, 3.05) is 0 Å². The molecule has 2 rings (SSSR count). The first-order valence-corrected chi connectivity index (χ1v) is 4.94. The maximum absolute atomic E-state index is 5.61. The maximum atomic E-state index is 5.61. The molecule has 0 bridgehead atoms. The van der Waals surface area contributed by atoms with Gasteiger partial charge in [-0.1, -0.05) is 24.3 Å². The van der Waals surface area contributed by atoms with E-state index in [4.69, 9.17) is 4.74 Å². The normalized spacial score (nSPS) is 9.93. The van der Waals surface area contributed by atoms with Crippen LogP contribution in [0, 0.1) is 6.92 Å². The molecule has 0 aliphatic rings. The third-order valence-corrected chi connectivity index (χ3v) is 2.24. The van der Waals surface area contributed by atoms with Crippen LogP contribution < -0.4 is 4.74 Å². The average molecular weight is 199 g/mol. The molecule has 2 nitrogen and oxygen atoms in total. The number of para-hydroxylation sites is 1. The third-order valence-electron chi connectivity index (χ3n) is 2.24. The van der Waals surface area contributed by atoms with Crippen LogP contribution in [0.25, 0.3) is 0 Å². The van der Waals surface area contributed by atoms with Crippen LogP contribution in [0.1, 0.15) is 11.3 Å². The Morgan fingerprint density at radius 2 is 1.87 bits per heavy atom. The molecule has 0 amide bonds. The number of aromatic nitrogens is 1. The summed E-state index contributed by atoms with van der Waals surface area (Å²) in [7, 11) is 0. The molecule has 1 aromatic heterocycles. The Morgan fingerprint density at radius 3 is 2.60 bits per heavy atom. The Labute approximate surface area is 89.6 Å². The number of hydrogen-bond donors (Lipinski definition) is 0. The second-order valence-corrected chi connectivity index (χ2v) is 3.37. The first-order valence-electron chi connectivity index (χ1n) is 4.94. The molecule has 0 radical (unpaired) electrons. The van der Waals surface area contributed by atoms with E-state index in [1.54, 1.807) is 6.20 Å². The van der Waals surface area contributed by atoms with Gasteiger partial charge in [0, 0.05) is 6.20 Å². The summed E-state index contributed by atoms with van der Waals surface area (Å²) in [5.74, 6) is 0.877. The van der Waals surface area contributed by atoms with Gasteiger partial charge >= 0.3 is 0 Å². The topological polar surface area (TPSA) is 22.1 Å². The molecule has 2 aromatic rings. The van der Waals surface area contributed by atoms with Crippen molar-refractivity contribution >= 4 is 0 Å². The Bertz CT molecular complexity index is 426. The zero-order chi connectivity index (χ0) is 10.5. The van der Waals surface area contributed by atoms with Crippen molar-refractivity contribution in [2.45, 2.75) is 13.5 Å². The standard InChI is InChI=1S/C13H13NO/c1-11-6-5-9-14-13(11)10-15-12-7-3-2-4-8-12/h2-9H,10H2,1H3. The lowest BCUT2D eigenvalue weighted by molar-refractivity contribution is 0.300. The highest BCUT2D eigenvalue weighted by atomic mass is 16.5. The van der Waals surface area contributed by atoms with E-state index in [0.717, 1.165) is 17.0 Å². The molecule has 76 valence electrons. The average Bonchev–Trinajstić information content (AvgIpc) is 2.29. The summed E-state index contributed by atoms with van der Waals surface area (Å²) in [5.41, 5.74) is 2.15. The molecule has 0 saturated heterocycles. The van der Waals surface area contributed by atoms with E-state index in [1.807, 2.05) is 49.4 Å². The monoisotopic (exact) mass is 199 g/mol. The van der Waals surface area contributed by atoms with E-state index in [0.29, 0.717) is 6.61 Å². The third kappa shape index (κ3) is 2.56. The fourth-order valence-electron chi connectivity index (χ4n) is 1.34. The maximum Gasteiger partial charge on any atom is 0.130 e. The number of ether oxygens (including phenoxy) is 1. The highest BCUT2D eigenvalue weighted by molar-refractivity contribution is 5.22. The van der Waals surface area contributed by atoms with Crippen molar-refractivity contribution in [3.8, 4) is 5.75 Å². The Kier molecular flexibility index (Phi) is 2.98. The highest BCUT2D eigenvalue weighted by Gasteiger charge is 1.99. The lowest BCUT2D eigenvalue weighted by Gasteiger charge is -2.06. The van der Waals surface area contributed by atoms with Crippen LogP contribution in [-0.4, -0.2) is 4.98 Å². The van der Waals surface area contributed by atoms with Crippen LogP contribution in [0.3, 0.4) is 0 Å². The molecule has 0 aliphatic carbocycles. The van der Waals surface area contributed by atoms with Gasteiger partial charge in [-0.25, -0.2) is 0 Å². The SMILES string of the molecule is Cc1cccnc1COc1ccccc1. The van der Waals surface area contributed by atoms with Gasteiger partial charge in [0.2, 0.25) is 0 Å². The zero-order valence-electron chi connectivity index (χ0n) is 8.68.